The highest BCUT2D eigenvalue weighted by Crippen LogP contribution is 2.47. The van der Waals surface area contributed by atoms with Crippen molar-refractivity contribution in [2.45, 2.75) is 45.6 Å². The molecule has 7 nitrogen and oxygen atoms in total. The number of ketones is 1. The summed E-state index contributed by atoms with van der Waals surface area (Å²) in [5.74, 6) is -4.36. The van der Waals surface area contributed by atoms with E-state index in [2.05, 4.69) is 0 Å². The quantitative estimate of drug-likeness (QED) is 0.636. The fraction of sp³-hybridized carbons (Fsp3) is 0.611. The molecule has 0 unspecified atom stereocenters. The molecule has 25 heavy (non-hydrogen) atoms. The van der Waals surface area contributed by atoms with Crippen LogP contribution in [-0.2, 0) is 23.9 Å². The van der Waals surface area contributed by atoms with E-state index in [1.807, 2.05) is 0 Å². The van der Waals surface area contributed by atoms with Crippen LogP contribution in [0.5, 0.6) is 0 Å². The molecule has 1 aliphatic carbocycles. The largest absolute Gasteiger partial charge is 0.466 e. The number of carbonyl (C=O) groups excluding carboxylic acids is 3. The Morgan fingerprint density at radius 1 is 1.24 bits per heavy atom. The maximum absolute atomic E-state index is 12.6. The van der Waals surface area contributed by atoms with Crippen molar-refractivity contribution in [2.75, 3.05) is 13.2 Å². The molecule has 0 spiro atoms. The summed E-state index contributed by atoms with van der Waals surface area (Å²) in [5.41, 5.74) is -1.66. The fourth-order valence-electron chi connectivity index (χ4n) is 3.46. The predicted octanol–water partition coefficient (Wildman–Crippen LogP) is 1.75. The number of hydrogen-bond donors (Lipinski definition) is 1. The van der Waals surface area contributed by atoms with Crippen LogP contribution in [0.25, 0.3) is 0 Å². The minimum atomic E-state index is -1.66. The number of furan rings is 1. The lowest BCUT2D eigenvalue weighted by atomic mass is 9.63. The van der Waals surface area contributed by atoms with Crippen molar-refractivity contribution in [1.29, 1.82) is 0 Å². The molecule has 0 aromatic carbocycles. The van der Waals surface area contributed by atoms with Crippen LogP contribution in [0, 0.1) is 18.8 Å². The Morgan fingerprint density at radius 2 is 1.84 bits per heavy atom. The van der Waals surface area contributed by atoms with Gasteiger partial charge in [-0.15, -0.1) is 0 Å². The molecule has 0 bridgehead atoms. The third kappa shape index (κ3) is 3.76. The van der Waals surface area contributed by atoms with E-state index < -0.39 is 41.1 Å². The van der Waals surface area contributed by atoms with E-state index in [9.17, 15) is 19.5 Å². The molecule has 2 rings (SSSR count). The number of hydrogen-bond acceptors (Lipinski definition) is 7. The topological polar surface area (TPSA) is 103 Å². The normalized spacial score (nSPS) is 29.3. The van der Waals surface area contributed by atoms with E-state index in [1.54, 1.807) is 32.9 Å². The number of esters is 2. The number of aliphatic hydroxyl groups is 1. The molecule has 1 aromatic heterocycles. The van der Waals surface area contributed by atoms with E-state index in [4.69, 9.17) is 13.9 Å². The van der Waals surface area contributed by atoms with Gasteiger partial charge in [0.15, 0.2) is 5.78 Å². The van der Waals surface area contributed by atoms with Crippen LogP contribution in [0.2, 0.25) is 0 Å². The second-order valence-electron chi connectivity index (χ2n) is 6.43. The lowest BCUT2D eigenvalue weighted by Crippen LogP contribution is -2.55. The summed E-state index contributed by atoms with van der Waals surface area (Å²) in [7, 11) is 0. The second-order valence-corrected chi connectivity index (χ2v) is 6.43. The first-order valence-corrected chi connectivity index (χ1v) is 8.37. The van der Waals surface area contributed by atoms with E-state index in [-0.39, 0.29) is 25.4 Å². The average molecular weight is 352 g/mol. The fourth-order valence-corrected chi connectivity index (χ4v) is 3.46. The minimum Gasteiger partial charge on any atom is -0.466 e. The zero-order valence-corrected chi connectivity index (χ0v) is 14.9. The third-order valence-corrected chi connectivity index (χ3v) is 4.44. The van der Waals surface area contributed by atoms with Gasteiger partial charge in [-0.1, -0.05) is 0 Å². The van der Waals surface area contributed by atoms with Crippen LogP contribution in [0.15, 0.2) is 16.5 Å². The molecule has 0 radical (unpaired) electrons. The smallest absolute Gasteiger partial charge is 0.317 e. The Balaban J connectivity index is 2.56. The lowest BCUT2D eigenvalue weighted by molar-refractivity contribution is -0.173. The Morgan fingerprint density at radius 3 is 2.36 bits per heavy atom. The van der Waals surface area contributed by atoms with Gasteiger partial charge in [-0.25, -0.2) is 0 Å². The summed E-state index contributed by atoms with van der Waals surface area (Å²) in [6.07, 6.45) is -0.337. The summed E-state index contributed by atoms with van der Waals surface area (Å²) in [4.78, 5) is 37.6. The van der Waals surface area contributed by atoms with E-state index >= 15 is 0 Å². The number of carbonyl (C=O) groups is 3. The first kappa shape index (κ1) is 19.2. The van der Waals surface area contributed by atoms with Gasteiger partial charge in [-0.05, 0) is 39.8 Å². The first-order chi connectivity index (χ1) is 11.7. The summed E-state index contributed by atoms with van der Waals surface area (Å²) < 4.78 is 15.7. The molecule has 0 aliphatic heterocycles. The molecular weight excluding hydrogens is 328 g/mol. The van der Waals surface area contributed by atoms with Crippen LogP contribution in [0.3, 0.4) is 0 Å². The highest BCUT2D eigenvalue weighted by atomic mass is 16.5. The molecule has 1 aliphatic rings. The number of ether oxygens (including phenoxy) is 2. The Labute approximate surface area is 146 Å². The molecular formula is C18H24O7. The van der Waals surface area contributed by atoms with Crippen LogP contribution in [0.1, 0.15) is 44.6 Å². The molecule has 1 N–H and O–H groups in total. The third-order valence-electron chi connectivity index (χ3n) is 4.44. The van der Waals surface area contributed by atoms with Gasteiger partial charge in [-0.2, -0.15) is 0 Å². The van der Waals surface area contributed by atoms with Crippen LogP contribution in [0.4, 0.5) is 0 Å². The van der Waals surface area contributed by atoms with Crippen molar-refractivity contribution >= 4 is 17.7 Å². The highest BCUT2D eigenvalue weighted by molar-refractivity contribution is 6.02. The molecule has 1 aromatic rings. The van der Waals surface area contributed by atoms with Gasteiger partial charge in [0.25, 0.3) is 0 Å². The lowest BCUT2D eigenvalue weighted by Gasteiger charge is -2.42. The Kier molecular flexibility index (Phi) is 5.67. The van der Waals surface area contributed by atoms with E-state index in [0.717, 1.165) is 0 Å². The molecule has 0 amide bonds. The van der Waals surface area contributed by atoms with E-state index in [0.29, 0.717) is 5.76 Å². The molecule has 1 fully saturated rings. The summed E-state index contributed by atoms with van der Waals surface area (Å²) in [6.45, 7) is 6.62. The first-order valence-electron chi connectivity index (χ1n) is 8.37. The standard InChI is InChI=1S/C18H24O7/c1-5-23-16(20)13-11(19)9-18(4,22)15(17(21)24-6-2)14(13)12-8-7-10(3)25-12/h7-8,13-15,22H,5-6,9H2,1-4H3/t13-,14-,15+,18-/m0/s1. The van der Waals surface area contributed by atoms with Gasteiger partial charge < -0.3 is 19.0 Å². The minimum absolute atomic E-state index is 0.104. The van der Waals surface area contributed by atoms with Crippen molar-refractivity contribution in [3.8, 4) is 0 Å². The maximum atomic E-state index is 12.6. The van der Waals surface area contributed by atoms with Gasteiger partial charge in [0.2, 0.25) is 0 Å². The van der Waals surface area contributed by atoms with Crippen molar-refractivity contribution in [3.05, 3.63) is 23.7 Å². The summed E-state index contributed by atoms with van der Waals surface area (Å²) >= 11 is 0. The van der Waals surface area contributed by atoms with Crippen molar-refractivity contribution in [1.82, 2.24) is 0 Å². The summed E-state index contributed by atoms with van der Waals surface area (Å²) in [6, 6.07) is 3.28. The predicted molar refractivity (Wildman–Crippen MR) is 86.7 cm³/mol. The maximum Gasteiger partial charge on any atom is 0.317 e. The molecule has 4 atom stereocenters. The Hall–Kier alpha value is -2.15. The van der Waals surface area contributed by atoms with Crippen molar-refractivity contribution in [2.24, 2.45) is 11.8 Å². The number of Topliss-reactive ketones (excluding diaryl/α,β-unsaturated/α-hetero) is 1. The molecule has 1 saturated carbocycles. The zero-order valence-electron chi connectivity index (χ0n) is 14.9. The highest BCUT2D eigenvalue weighted by Gasteiger charge is 2.58. The monoisotopic (exact) mass is 352 g/mol. The van der Waals surface area contributed by atoms with Gasteiger partial charge in [-0.3, -0.25) is 14.4 Å². The summed E-state index contributed by atoms with van der Waals surface area (Å²) in [5, 5.41) is 10.8. The SMILES string of the molecule is CCOC(=O)[C@H]1C(=O)C[C@](C)(O)[C@@H](C(=O)OCC)[C@H]1c1ccc(C)o1. The number of rotatable bonds is 5. The second kappa shape index (κ2) is 7.39. The van der Waals surface area contributed by atoms with Gasteiger partial charge in [0.05, 0.1) is 30.7 Å². The van der Waals surface area contributed by atoms with E-state index in [1.165, 1.54) is 6.92 Å². The molecule has 7 heteroatoms. The Bertz CT molecular complexity index is 658. The zero-order chi connectivity index (χ0) is 18.8. The van der Waals surface area contributed by atoms with Gasteiger partial charge >= 0.3 is 11.9 Å². The molecule has 138 valence electrons. The molecule has 1 heterocycles. The van der Waals surface area contributed by atoms with Crippen LogP contribution < -0.4 is 0 Å². The number of aryl methyl sites for hydroxylation is 1. The van der Waals surface area contributed by atoms with Gasteiger partial charge in [0.1, 0.15) is 17.4 Å². The van der Waals surface area contributed by atoms with Crippen LogP contribution >= 0.6 is 0 Å². The molecule has 0 saturated heterocycles. The van der Waals surface area contributed by atoms with Crippen molar-refractivity contribution < 1.29 is 33.4 Å². The van der Waals surface area contributed by atoms with Crippen molar-refractivity contribution in [3.63, 3.8) is 0 Å². The van der Waals surface area contributed by atoms with Gasteiger partial charge in [0, 0.05) is 6.42 Å². The average Bonchev–Trinajstić information content (AvgIpc) is 2.92. The van der Waals surface area contributed by atoms with Crippen LogP contribution in [-0.4, -0.2) is 41.6 Å².